The second-order valence-corrected chi connectivity index (χ2v) is 6.64. The number of aryl methyl sites for hydroxylation is 1. The molecule has 154 valence electrons. The highest BCUT2D eigenvalue weighted by Gasteiger charge is 2.20. The van der Waals surface area contributed by atoms with Crippen molar-refractivity contribution in [2.24, 2.45) is 0 Å². The van der Waals surface area contributed by atoms with Crippen LogP contribution in [0, 0.1) is 12.7 Å². The first-order valence-electron chi connectivity index (χ1n) is 9.23. The maximum atomic E-state index is 13.5. The van der Waals surface area contributed by atoms with Gasteiger partial charge in [-0.2, -0.15) is 0 Å². The van der Waals surface area contributed by atoms with Gasteiger partial charge in [-0.1, -0.05) is 6.07 Å². The summed E-state index contributed by atoms with van der Waals surface area (Å²) in [6, 6.07) is 9.34. The average Bonchev–Trinajstić information content (AvgIpc) is 3.04. The number of carbonyl (C=O) groups excluding carboxylic acids is 1. The van der Waals surface area contributed by atoms with E-state index in [-0.39, 0.29) is 23.5 Å². The summed E-state index contributed by atoms with van der Waals surface area (Å²) in [5, 5.41) is 3.49. The lowest BCUT2D eigenvalue weighted by atomic mass is 10.1. The number of ether oxygens (including phenoxy) is 3. The lowest BCUT2D eigenvalue weighted by Gasteiger charge is -2.17. The average molecular weight is 401 g/mol. The van der Waals surface area contributed by atoms with E-state index in [4.69, 9.17) is 18.6 Å². The Morgan fingerprint density at radius 3 is 2.66 bits per heavy atom. The molecule has 0 saturated carbocycles. The van der Waals surface area contributed by atoms with Crippen molar-refractivity contribution in [3.8, 4) is 11.5 Å². The minimum Gasteiger partial charge on any atom is -0.493 e. The first-order chi connectivity index (χ1) is 13.9. The van der Waals surface area contributed by atoms with Crippen molar-refractivity contribution in [3.05, 3.63) is 59.1 Å². The van der Waals surface area contributed by atoms with Gasteiger partial charge in [0.15, 0.2) is 17.3 Å². The van der Waals surface area contributed by atoms with Gasteiger partial charge in [0.25, 0.3) is 5.91 Å². The van der Waals surface area contributed by atoms with Gasteiger partial charge in [0.2, 0.25) is 0 Å². The van der Waals surface area contributed by atoms with Crippen LogP contribution in [0.15, 0.2) is 40.8 Å². The third-order valence-corrected chi connectivity index (χ3v) is 4.68. The van der Waals surface area contributed by atoms with E-state index in [0.29, 0.717) is 41.2 Å². The van der Waals surface area contributed by atoms with E-state index >= 15 is 0 Å². The standard InChI is InChI=1S/C22H24FNO5/c1-13-17-12-16(23)6-8-18(17)29-21(13)22(25)24-14(2)15-5-7-19(20(11-15)27-4)28-10-9-26-3/h5-8,11-12,14H,9-10H2,1-4H3,(H,24,25). The number of halogens is 1. The Hall–Kier alpha value is -3.06. The van der Waals surface area contributed by atoms with E-state index in [1.165, 1.54) is 18.2 Å². The number of carbonyl (C=O) groups is 1. The molecule has 0 saturated heterocycles. The summed E-state index contributed by atoms with van der Waals surface area (Å²) >= 11 is 0. The molecule has 3 rings (SSSR count). The van der Waals surface area contributed by atoms with Crippen LogP contribution in [-0.4, -0.2) is 33.3 Å². The number of furan rings is 1. The van der Waals surface area contributed by atoms with E-state index in [9.17, 15) is 9.18 Å². The van der Waals surface area contributed by atoms with Crippen LogP contribution in [0.5, 0.6) is 11.5 Å². The first kappa shape index (κ1) is 20.7. The van der Waals surface area contributed by atoms with Gasteiger partial charge in [-0.25, -0.2) is 4.39 Å². The number of amides is 1. The summed E-state index contributed by atoms with van der Waals surface area (Å²) < 4.78 is 35.1. The molecule has 1 atom stereocenters. The minimum atomic E-state index is -0.373. The van der Waals surface area contributed by atoms with Crippen LogP contribution in [0.1, 0.15) is 34.6 Å². The summed E-state index contributed by atoms with van der Waals surface area (Å²) in [5.41, 5.74) is 1.92. The highest BCUT2D eigenvalue weighted by atomic mass is 19.1. The molecular weight excluding hydrogens is 377 g/mol. The van der Waals surface area contributed by atoms with Gasteiger partial charge >= 0.3 is 0 Å². The molecule has 0 aliphatic carbocycles. The molecule has 0 bridgehead atoms. The van der Waals surface area contributed by atoms with Crippen molar-refractivity contribution in [3.63, 3.8) is 0 Å². The maximum Gasteiger partial charge on any atom is 0.287 e. The minimum absolute atomic E-state index is 0.170. The number of hydrogen-bond acceptors (Lipinski definition) is 5. The van der Waals surface area contributed by atoms with E-state index < -0.39 is 0 Å². The molecule has 1 N–H and O–H groups in total. The Labute approximate surface area is 168 Å². The van der Waals surface area contributed by atoms with Crippen LogP contribution >= 0.6 is 0 Å². The Balaban J connectivity index is 1.76. The van der Waals surface area contributed by atoms with Gasteiger partial charge in [-0.15, -0.1) is 0 Å². The molecule has 6 nitrogen and oxygen atoms in total. The van der Waals surface area contributed by atoms with Crippen LogP contribution in [0.2, 0.25) is 0 Å². The van der Waals surface area contributed by atoms with Crippen molar-refractivity contribution in [1.29, 1.82) is 0 Å². The van der Waals surface area contributed by atoms with E-state index in [2.05, 4.69) is 5.32 Å². The van der Waals surface area contributed by atoms with Crippen LogP contribution in [-0.2, 0) is 4.74 Å². The van der Waals surface area contributed by atoms with Gasteiger partial charge < -0.3 is 23.9 Å². The summed E-state index contributed by atoms with van der Waals surface area (Å²) in [4.78, 5) is 12.7. The lowest BCUT2D eigenvalue weighted by molar-refractivity contribution is 0.0913. The molecular formula is C22H24FNO5. The van der Waals surface area contributed by atoms with Crippen LogP contribution < -0.4 is 14.8 Å². The van der Waals surface area contributed by atoms with Crippen molar-refractivity contribution >= 4 is 16.9 Å². The molecule has 3 aromatic rings. The fraction of sp³-hybridized carbons (Fsp3) is 0.318. The van der Waals surface area contributed by atoms with Gasteiger partial charge in [-0.3, -0.25) is 4.79 Å². The molecule has 1 unspecified atom stereocenters. The van der Waals surface area contributed by atoms with Crippen LogP contribution in [0.4, 0.5) is 4.39 Å². The summed E-state index contributed by atoms with van der Waals surface area (Å²) in [6.45, 7) is 4.47. The quantitative estimate of drug-likeness (QED) is 0.567. The molecule has 0 fully saturated rings. The maximum absolute atomic E-state index is 13.5. The predicted molar refractivity (Wildman–Crippen MR) is 107 cm³/mol. The molecule has 1 amide bonds. The van der Waals surface area contributed by atoms with Crippen molar-refractivity contribution < 1.29 is 27.8 Å². The smallest absolute Gasteiger partial charge is 0.287 e. The largest absolute Gasteiger partial charge is 0.493 e. The molecule has 29 heavy (non-hydrogen) atoms. The molecule has 2 aromatic carbocycles. The van der Waals surface area contributed by atoms with Crippen LogP contribution in [0.3, 0.4) is 0 Å². The number of benzene rings is 2. The summed E-state index contributed by atoms with van der Waals surface area (Å²) in [5.74, 6) is 0.591. The molecule has 0 spiro atoms. The lowest BCUT2D eigenvalue weighted by Crippen LogP contribution is -2.26. The number of hydrogen-bond donors (Lipinski definition) is 1. The number of fused-ring (bicyclic) bond motifs is 1. The Morgan fingerprint density at radius 2 is 1.93 bits per heavy atom. The number of rotatable bonds is 8. The zero-order chi connectivity index (χ0) is 21.0. The molecule has 1 aromatic heterocycles. The van der Waals surface area contributed by atoms with Crippen LogP contribution in [0.25, 0.3) is 11.0 Å². The zero-order valence-corrected chi connectivity index (χ0v) is 16.9. The molecule has 0 radical (unpaired) electrons. The Bertz CT molecular complexity index is 1010. The second-order valence-electron chi connectivity index (χ2n) is 6.64. The first-order valence-corrected chi connectivity index (χ1v) is 9.23. The fourth-order valence-corrected chi connectivity index (χ4v) is 3.06. The molecule has 1 heterocycles. The third kappa shape index (κ3) is 4.51. The number of nitrogens with one attached hydrogen (secondary N) is 1. The molecule has 0 aliphatic rings. The van der Waals surface area contributed by atoms with Crippen molar-refractivity contribution in [1.82, 2.24) is 5.32 Å². The normalized spacial score (nSPS) is 12.0. The highest BCUT2D eigenvalue weighted by Crippen LogP contribution is 2.31. The van der Waals surface area contributed by atoms with Gasteiger partial charge in [-0.05, 0) is 49.7 Å². The zero-order valence-electron chi connectivity index (χ0n) is 16.9. The predicted octanol–water partition coefficient (Wildman–Crippen LogP) is 4.41. The number of methoxy groups -OCH3 is 2. The molecule has 7 heteroatoms. The van der Waals surface area contributed by atoms with Gasteiger partial charge in [0.1, 0.15) is 18.0 Å². The Morgan fingerprint density at radius 1 is 1.14 bits per heavy atom. The highest BCUT2D eigenvalue weighted by molar-refractivity contribution is 5.99. The third-order valence-electron chi connectivity index (χ3n) is 4.68. The SMILES string of the molecule is COCCOc1ccc(C(C)NC(=O)c2oc3ccc(F)cc3c2C)cc1OC. The topological polar surface area (TPSA) is 69.9 Å². The van der Waals surface area contributed by atoms with E-state index in [1.807, 2.05) is 19.1 Å². The van der Waals surface area contributed by atoms with Crippen molar-refractivity contribution in [2.45, 2.75) is 19.9 Å². The van der Waals surface area contributed by atoms with Crippen molar-refractivity contribution in [2.75, 3.05) is 27.4 Å². The monoisotopic (exact) mass is 401 g/mol. The fourth-order valence-electron chi connectivity index (χ4n) is 3.06. The van der Waals surface area contributed by atoms with Gasteiger partial charge in [0, 0.05) is 18.1 Å². The van der Waals surface area contributed by atoms with E-state index in [1.54, 1.807) is 27.2 Å². The summed E-state index contributed by atoms with van der Waals surface area (Å²) in [7, 11) is 3.16. The van der Waals surface area contributed by atoms with Gasteiger partial charge in [0.05, 0.1) is 19.8 Å². The Kier molecular flexibility index (Phi) is 6.39. The summed E-state index contributed by atoms with van der Waals surface area (Å²) in [6.07, 6.45) is 0. The second kappa shape index (κ2) is 8.96. The molecule has 0 aliphatic heterocycles. The van der Waals surface area contributed by atoms with E-state index in [0.717, 1.165) is 5.56 Å².